The summed E-state index contributed by atoms with van der Waals surface area (Å²) in [4.78, 5) is 0. The van der Waals surface area contributed by atoms with E-state index in [1.807, 2.05) is 48.5 Å². The molecule has 6 nitrogen and oxygen atoms in total. The Morgan fingerprint density at radius 3 is 1.36 bits per heavy atom. The molecule has 0 saturated heterocycles. The van der Waals surface area contributed by atoms with Gasteiger partial charge in [-0.2, -0.15) is 0 Å². The molecule has 0 aliphatic heterocycles. The predicted octanol–water partition coefficient (Wildman–Crippen LogP) is 0.674. The van der Waals surface area contributed by atoms with Crippen LogP contribution in [0, 0.1) is 0 Å². The Labute approximate surface area is 148 Å². The van der Waals surface area contributed by atoms with Gasteiger partial charge < -0.3 is 31.2 Å². The molecule has 25 heavy (non-hydrogen) atoms. The normalized spacial score (nSPS) is 13.3. The molecule has 0 aliphatic rings. The highest BCUT2D eigenvalue weighted by Crippen LogP contribution is 2.18. The largest absolute Gasteiger partial charge is 0.491 e. The number of nitrogens with two attached hydrogens (primary N) is 2. The zero-order valence-corrected chi connectivity index (χ0v) is 14.2. The smallest absolute Gasteiger partial charge is 0.119 e. The summed E-state index contributed by atoms with van der Waals surface area (Å²) < 4.78 is 10.9. The van der Waals surface area contributed by atoms with Crippen LogP contribution in [-0.4, -0.2) is 48.7 Å². The Morgan fingerprint density at radius 1 is 0.680 bits per heavy atom. The fourth-order valence-electron chi connectivity index (χ4n) is 2.16. The zero-order valence-electron chi connectivity index (χ0n) is 14.2. The second-order valence-corrected chi connectivity index (χ2v) is 5.87. The molecule has 0 bridgehead atoms. The molecule has 136 valence electrons. The van der Waals surface area contributed by atoms with Gasteiger partial charge in [0.15, 0.2) is 0 Å². The van der Waals surface area contributed by atoms with Crippen LogP contribution in [0.15, 0.2) is 48.5 Å². The van der Waals surface area contributed by atoms with E-state index in [2.05, 4.69) is 0 Å². The molecular formula is C19H26N2O4. The number of aliphatic hydroxyl groups excluding tert-OH is 2. The van der Waals surface area contributed by atoms with Crippen LogP contribution in [0.2, 0.25) is 0 Å². The van der Waals surface area contributed by atoms with Crippen molar-refractivity contribution in [3.63, 3.8) is 0 Å². The fourth-order valence-corrected chi connectivity index (χ4v) is 2.16. The minimum atomic E-state index is -0.647. The van der Waals surface area contributed by atoms with Gasteiger partial charge in [0.2, 0.25) is 0 Å². The average Bonchev–Trinajstić information content (AvgIpc) is 2.66. The van der Waals surface area contributed by atoms with Gasteiger partial charge in [-0.1, -0.05) is 24.3 Å². The number of hydrogen-bond acceptors (Lipinski definition) is 6. The summed E-state index contributed by atoms with van der Waals surface area (Å²) >= 11 is 0. The minimum absolute atomic E-state index is 0.184. The molecule has 0 amide bonds. The van der Waals surface area contributed by atoms with E-state index in [1.54, 1.807) is 0 Å². The van der Waals surface area contributed by atoms with Crippen LogP contribution in [0.3, 0.4) is 0 Å². The first-order chi connectivity index (χ1) is 12.1. The van der Waals surface area contributed by atoms with E-state index in [1.165, 1.54) is 0 Å². The first-order valence-electron chi connectivity index (χ1n) is 8.30. The second-order valence-electron chi connectivity index (χ2n) is 5.87. The second kappa shape index (κ2) is 10.0. The fraction of sp³-hybridized carbons (Fsp3) is 0.368. The van der Waals surface area contributed by atoms with Crippen LogP contribution in [0.4, 0.5) is 0 Å². The summed E-state index contributed by atoms with van der Waals surface area (Å²) in [5.74, 6) is 1.41. The van der Waals surface area contributed by atoms with Crippen molar-refractivity contribution in [2.75, 3.05) is 26.3 Å². The Morgan fingerprint density at radius 2 is 1.04 bits per heavy atom. The lowest BCUT2D eigenvalue weighted by atomic mass is 10.0. The van der Waals surface area contributed by atoms with Crippen molar-refractivity contribution < 1.29 is 19.7 Å². The molecule has 0 aliphatic carbocycles. The first kappa shape index (κ1) is 19.2. The molecule has 2 rings (SSSR count). The molecule has 6 N–H and O–H groups in total. The molecule has 0 radical (unpaired) electrons. The monoisotopic (exact) mass is 346 g/mol. The van der Waals surface area contributed by atoms with Crippen molar-refractivity contribution in [1.82, 2.24) is 0 Å². The third kappa shape index (κ3) is 6.72. The molecule has 0 unspecified atom stereocenters. The SMILES string of the molecule is NC[C@@H](O)COc1ccc(Cc2ccc(OC[C@@H](O)CN)cc2)cc1. The predicted molar refractivity (Wildman–Crippen MR) is 96.8 cm³/mol. The lowest BCUT2D eigenvalue weighted by molar-refractivity contribution is 0.114. The number of ether oxygens (including phenoxy) is 2. The molecular weight excluding hydrogens is 320 g/mol. The molecule has 6 heteroatoms. The zero-order chi connectivity index (χ0) is 18.1. The molecule has 0 fully saturated rings. The molecule has 2 aromatic carbocycles. The summed E-state index contributed by atoms with van der Waals surface area (Å²) in [6, 6.07) is 15.5. The third-order valence-electron chi connectivity index (χ3n) is 3.68. The van der Waals surface area contributed by atoms with Gasteiger partial charge in [-0.25, -0.2) is 0 Å². The average molecular weight is 346 g/mol. The van der Waals surface area contributed by atoms with Gasteiger partial charge in [-0.05, 0) is 41.8 Å². The molecule has 0 spiro atoms. The Bertz CT molecular complexity index is 561. The van der Waals surface area contributed by atoms with E-state index in [9.17, 15) is 10.2 Å². The Hall–Kier alpha value is -2.12. The lowest BCUT2D eigenvalue weighted by Crippen LogP contribution is -2.26. The topological polar surface area (TPSA) is 111 Å². The van der Waals surface area contributed by atoms with Crippen LogP contribution < -0.4 is 20.9 Å². The van der Waals surface area contributed by atoms with E-state index in [4.69, 9.17) is 20.9 Å². The number of hydrogen-bond donors (Lipinski definition) is 4. The highest BCUT2D eigenvalue weighted by atomic mass is 16.5. The van der Waals surface area contributed by atoms with Gasteiger partial charge >= 0.3 is 0 Å². The summed E-state index contributed by atoms with van der Waals surface area (Å²) in [5, 5.41) is 18.8. The minimum Gasteiger partial charge on any atom is -0.491 e. The van der Waals surface area contributed by atoms with E-state index < -0.39 is 12.2 Å². The van der Waals surface area contributed by atoms with E-state index in [0.717, 1.165) is 17.5 Å². The third-order valence-corrected chi connectivity index (χ3v) is 3.68. The van der Waals surface area contributed by atoms with Crippen molar-refractivity contribution in [1.29, 1.82) is 0 Å². The van der Waals surface area contributed by atoms with Gasteiger partial charge in [0.1, 0.15) is 36.9 Å². The summed E-state index contributed by atoms with van der Waals surface area (Å²) in [5.41, 5.74) is 13.0. The van der Waals surface area contributed by atoms with Gasteiger partial charge in [-0.15, -0.1) is 0 Å². The molecule has 2 atom stereocenters. The quantitative estimate of drug-likeness (QED) is 0.503. The standard InChI is InChI=1S/C19H26N2O4/c20-10-16(22)12-24-18-5-1-14(2-6-18)9-15-3-7-19(8-4-15)25-13-17(23)11-21/h1-8,16-17,22-23H,9-13,20-21H2/t16-,17+. The molecule has 0 heterocycles. The first-order valence-corrected chi connectivity index (χ1v) is 8.30. The maximum Gasteiger partial charge on any atom is 0.119 e. The number of aliphatic hydroxyl groups is 2. The summed E-state index contributed by atoms with van der Waals surface area (Å²) in [7, 11) is 0. The van der Waals surface area contributed by atoms with Crippen LogP contribution in [-0.2, 0) is 6.42 Å². The lowest BCUT2D eigenvalue weighted by Gasteiger charge is -2.11. The highest BCUT2D eigenvalue weighted by Gasteiger charge is 2.04. The van der Waals surface area contributed by atoms with Crippen LogP contribution in [0.5, 0.6) is 11.5 Å². The van der Waals surface area contributed by atoms with Crippen molar-refractivity contribution in [2.45, 2.75) is 18.6 Å². The van der Waals surface area contributed by atoms with E-state index >= 15 is 0 Å². The van der Waals surface area contributed by atoms with Crippen molar-refractivity contribution >= 4 is 0 Å². The van der Waals surface area contributed by atoms with Gasteiger partial charge in [-0.3, -0.25) is 0 Å². The summed E-state index contributed by atoms with van der Waals surface area (Å²) in [6.45, 7) is 0.748. The van der Waals surface area contributed by atoms with Gasteiger partial charge in [0.25, 0.3) is 0 Å². The van der Waals surface area contributed by atoms with Gasteiger partial charge in [0.05, 0.1) is 0 Å². The van der Waals surface area contributed by atoms with Gasteiger partial charge in [0, 0.05) is 13.1 Å². The number of benzene rings is 2. The molecule has 2 aromatic rings. The van der Waals surface area contributed by atoms with Crippen molar-refractivity contribution in [2.24, 2.45) is 11.5 Å². The van der Waals surface area contributed by atoms with E-state index in [-0.39, 0.29) is 26.3 Å². The summed E-state index contributed by atoms with van der Waals surface area (Å²) in [6.07, 6.45) is -0.505. The molecule has 0 saturated carbocycles. The van der Waals surface area contributed by atoms with Crippen LogP contribution >= 0.6 is 0 Å². The van der Waals surface area contributed by atoms with Crippen molar-refractivity contribution in [3.05, 3.63) is 59.7 Å². The number of rotatable bonds is 10. The highest BCUT2D eigenvalue weighted by molar-refractivity contribution is 5.34. The van der Waals surface area contributed by atoms with Crippen molar-refractivity contribution in [3.8, 4) is 11.5 Å². The van der Waals surface area contributed by atoms with E-state index in [0.29, 0.717) is 11.5 Å². The Kier molecular flexibility index (Phi) is 7.69. The Balaban J connectivity index is 1.85. The van der Waals surface area contributed by atoms with Crippen LogP contribution in [0.25, 0.3) is 0 Å². The maximum absolute atomic E-state index is 9.39. The maximum atomic E-state index is 9.39. The molecule has 0 aromatic heterocycles. The van der Waals surface area contributed by atoms with Crippen LogP contribution in [0.1, 0.15) is 11.1 Å².